The van der Waals surface area contributed by atoms with E-state index in [9.17, 15) is 4.79 Å². The molecule has 0 aliphatic carbocycles. The second-order valence-corrected chi connectivity index (χ2v) is 5.47. The zero-order chi connectivity index (χ0) is 19.4. The van der Waals surface area contributed by atoms with Crippen molar-refractivity contribution < 1.29 is 19.0 Å². The van der Waals surface area contributed by atoms with Gasteiger partial charge in [-0.3, -0.25) is 9.25 Å². The number of ether oxygens (including phenoxy) is 3. The third kappa shape index (κ3) is 3.35. The molecule has 0 aliphatic heterocycles. The molecule has 1 aromatic carbocycles. The van der Waals surface area contributed by atoms with Crippen LogP contribution in [-0.2, 0) is 11.3 Å². The monoisotopic (exact) mass is 371 g/mol. The predicted molar refractivity (Wildman–Crippen MR) is 97.3 cm³/mol. The van der Waals surface area contributed by atoms with Gasteiger partial charge >= 0.3 is 5.97 Å². The SMILES string of the molecule is CCOC(=O)c1nnc(-c2ccn(CC)n2)n1-c1c(OC)cccc1OC. The Hall–Kier alpha value is -3.36. The number of hydrogen-bond acceptors (Lipinski definition) is 7. The van der Waals surface area contributed by atoms with Crippen molar-refractivity contribution in [3.63, 3.8) is 0 Å². The Morgan fingerprint density at radius 2 is 1.78 bits per heavy atom. The van der Waals surface area contributed by atoms with Crippen molar-refractivity contribution in [2.24, 2.45) is 0 Å². The first-order valence-corrected chi connectivity index (χ1v) is 8.52. The Bertz CT molecular complexity index is 925. The molecule has 0 unspecified atom stereocenters. The lowest BCUT2D eigenvalue weighted by Crippen LogP contribution is -2.14. The van der Waals surface area contributed by atoms with Crippen molar-refractivity contribution in [2.45, 2.75) is 20.4 Å². The van der Waals surface area contributed by atoms with Crippen LogP contribution in [0.4, 0.5) is 0 Å². The Balaban J connectivity index is 2.29. The van der Waals surface area contributed by atoms with Crippen LogP contribution in [0.5, 0.6) is 11.5 Å². The van der Waals surface area contributed by atoms with Gasteiger partial charge in [-0.05, 0) is 32.0 Å². The first kappa shape index (κ1) is 18.4. The van der Waals surface area contributed by atoms with Gasteiger partial charge in [0.05, 0.1) is 20.8 Å². The van der Waals surface area contributed by atoms with Gasteiger partial charge in [0, 0.05) is 12.7 Å². The number of methoxy groups -OCH3 is 2. The number of para-hydroxylation sites is 1. The second-order valence-electron chi connectivity index (χ2n) is 5.47. The number of rotatable bonds is 7. The molecule has 3 rings (SSSR count). The van der Waals surface area contributed by atoms with Crippen LogP contribution in [0.3, 0.4) is 0 Å². The van der Waals surface area contributed by atoms with Gasteiger partial charge in [-0.2, -0.15) is 5.10 Å². The maximum Gasteiger partial charge on any atom is 0.376 e. The van der Waals surface area contributed by atoms with E-state index in [2.05, 4.69) is 15.3 Å². The molecule has 0 radical (unpaired) electrons. The minimum absolute atomic E-state index is 0.0145. The normalized spacial score (nSPS) is 10.7. The number of nitrogens with zero attached hydrogens (tertiary/aromatic N) is 5. The molecular weight excluding hydrogens is 350 g/mol. The summed E-state index contributed by atoms with van der Waals surface area (Å²) in [5.74, 6) is 0.791. The molecule has 0 saturated carbocycles. The molecule has 9 heteroatoms. The molecule has 0 amide bonds. The van der Waals surface area contributed by atoms with Crippen LogP contribution in [0.25, 0.3) is 17.2 Å². The van der Waals surface area contributed by atoms with E-state index < -0.39 is 5.97 Å². The zero-order valence-corrected chi connectivity index (χ0v) is 15.7. The molecule has 9 nitrogen and oxygen atoms in total. The molecule has 0 spiro atoms. The fourth-order valence-corrected chi connectivity index (χ4v) is 2.70. The molecule has 27 heavy (non-hydrogen) atoms. The Labute approximate surface area is 156 Å². The molecule has 142 valence electrons. The summed E-state index contributed by atoms with van der Waals surface area (Å²) in [6.45, 7) is 4.63. The smallest absolute Gasteiger partial charge is 0.376 e. The molecule has 0 atom stereocenters. The largest absolute Gasteiger partial charge is 0.494 e. The van der Waals surface area contributed by atoms with Crippen molar-refractivity contribution in [3.05, 3.63) is 36.3 Å². The van der Waals surface area contributed by atoms with Crippen LogP contribution >= 0.6 is 0 Å². The quantitative estimate of drug-likeness (QED) is 0.589. The fraction of sp³-hybridized carbons (Fsp3) is 0.333. The van der Waals surface area contributed by atoms with Crippen LogP contribution in [0.1, 0.15) is 24.5 Å². The number of carbonyl (C=O) groups excluding carboxylic acids is 1. The Morgan fingerprint density at radius 3 is 2.33 bits per heavy atom. The summed E-state index contributed by atoms with van der Waals surface area (Å²) in [5, 5.41) is 12.7. The number of aromatic nitrogens is 5. The molecular formula is C18H21N5O4. The lowest BCUT2D eigenvalue weighted by molar-refractivity contribution is 0.0509. The van der Waals surface area contributed by atoms with E-state index in [1.165, 1.54) is 14.2 Å². The minimum atomic E-state index is -0.598. The summed E-state index contributed by atoms with van der Waals surface area (Å²) in [5.41, 5.74) is 1.06. The first-order chi connectivity index (χ1) is 13.1. The van der Waals surface area contributed by atoms with Crippen LogP contribution in [0.2, 0.25) is 0 Å². The number of esters is 1. The van der Waals surface area contributed by atoms with E-state index in [0.29, 0.717) is 35.2 Å². The van der Waals surface area contributed by atoms with Crippen LogP contribution in [0, 0.1) is 0 Å². The molecule has 0 bridgehead atoms. The molecule has 2 heterocycles. The van der Waals surface area contributed by atoms with E-state index in [1.807, 2.05) is 13.1 Å². The number of carbonyl (C=O) groups is 1. The summed E-state index contributed by atoms with van der Waals surface area (Å²) in [6, 6.07) is 7.13. The van der Waals surface area contributed by atoms with Crippen LogP contribution < -0.4 is 9.47 Å². The highest BCUT2D eigenvalue weighted by Crippen LogP contribution is 2.36. The van der Waals surface area contributed by atoms with Gasteiger partial charge < -0.3 is 14.2 Å². The highest BCUT2D eigenvalue weighted by molar-refractivity contribution is 5.87. The van der Waals surface area contributed by atoms with Crippen molar-refractivity contribution in [1.82, 2.24) is 24.5 Å². The van der Waals surface area contributed by atoms with Gasteiger partial charge in [0.2, 0.25) is 5.82 Å². The van der Waals surface area contributed by atoms with Crippen molar-refractivity contribution in [2.75, 3.05) is 20.8 Å². The van der Waals surface area contributed by atoms with Gasteiger partial charge in [0.25, 0.3) is 0 Å². The molecule has 2 aromatic heterocycles. The lowest BCUT2D eigenvalue weighted by Gasteiger charge is -2.16. The standard InChI is InChI=1S/C18H21N5O4/c1-5-22-11-10-12(21-22)16-19-20-17(18(24)27-6-2)23(16)15-13(25-3)8-7-9-14(15)26-4/h7-11H,5-6H2,1-4H3. The highest BCUT2D eigenvalue weighted by Gasteiger charge is 2.27. The second kappa shape index (κ2) is 7.90. The van der Waals surface area contributed by atoms with Gasteiger partial charge in [-0.15, -0.1) is 10.2 Å². The van der Waals surface area contributed by atoms with Crippen molar-refractivity contribution >= 4 is 5.97 Å². The van der Waals surface area contributed by atoms with Crippen LogP contribution in [-0.4, -0.2) is 51.3 Å². The average Bonchev–Trinajstić information content (AvgIpc) is 3.33. The highest BCUT2D eigenvalue weighted by atomic mass is 16.5. The summed E-state index contributed by atoms with van der Waals surface area (Å²) >= 11 is 0. The average molecular weight is 371 g/mol. The maximum absolute atomic E-state index is 12.5. The first-order valence-electron chi connectivity index (χ1n) is 8.52. The zero-order valence-electron chi connectivity index (χ0n) is 15.7. The summed E-state index contributed by atoms with van der Waals surface area (Å²) in [7, 11) is 3.08. The molecule has 0 fully saturated rings. The number of aryl methyl sites for hydroxylation is 1. The van der Waals surface area contributed by atoms with E-state index in [4.69, 9.17) is 14.2 Å². The summed E-state index contributed by atoms with van der Waals surface area (Å²) < 4.78 is 19.4. The van der Waals surface area contributed by atoms with Gasteiger partial charge in [-0.25, -0.2) is 4.79 Å². The predicted octanol–water partition coefficient (Wildman–Crippen LogP) is 2.34. The lowest BCUT2D eigenvalue weighted by atomic mass is 10.2. The topological polar surface area (TPSA) is 93.3 Å². The van der Waals surface area contributed by atoms with Crippen molar-refractivity contribution in [1.29, 1.82) is 0 Å². The third-order valence-corrected chi connectivity index (χ3v) is 3.94. The third-order valence-electron chi connectivity index (χ3n) is 3.94. The summed E-state index contributed by atoms with van der Waals surface area (Å²) in [6.07, 6.45) is 1.83. The molecule has 0 N–H and O–H groups in total. The molecule has 3 aromatic rings. The van der Waals surface area contributed by atoms with Gasteiger partial charge in [0.1, 0.15) is 22.9 Å². The van der Waals surface area contributed by atoms with E-state index in [0.717, 1.165) is 0 Å². The van der Waals surface area contributed by atoms with Crippen LogP contribution in [0.15, 0.2) is 30.5 Å². The fourth-order valence-electron chi connectivity index (χ4n) is 2.70. The summed E-state index contributed by atoms with van der Waals surface area (Å²) in [4.78, 5) is 12.5. The molecule has 0 aliphatic rings. The minimum Gasteiger partial charge on any atom is -0.494 e. The van der Waals surface area contributed by atoms with E-state index in [-0.39, 0.29) is 12.4 Å². The Kier molecular flexibility index (Phi) is 5.39. The van der Waals surface area contributed by atoms with Crippen molar-refractivity contribution in [3.8, 4) is 28.7 Å². The van der Waals surface area contributed by atoms with E-state index in [1.54, 1.807) is 40.4 Å². The van der Waals surface area contributed by atoms with Gasteiger partial charge in [-0.1, -0.05) is 6.07 Å². The maximum atomic E-state index is 12.5. The van der Waals surface area contributed by atoms with E-state index >= 15 is 0 Å². The number of benzene rings is 1. The number of hydrogen-bond donors (Lipinski definition) is 0. The van der Waals surface area contributed by atoms with Gasteiger partial charge in [0.15, 0.2) is 5.82 Å². The Morgan fingerprint density at radius 1 is 1.07 bits per heavy atom. The molecule has 0 saturated heterocycles.